The van der Waals surface area contributed by atoms with Crippen molar-refractivity contribution in [1.29, 1.82) is 0 Å². The largest absolute Gasteiger partial charge is 0.322 e. The highest BCUT2D eigenvalue weighted by Gasteiger charge is 2.26. The number of nitrogens with one attached hydrogen (secondary N) is 1. The summed E-state index contributed by atoms with van der Waals surface area (Å²) >= 11 is 0. The van der Waals surface area contributed by atoms with Gasteiger partial charge in [-0.05, 0) is 60.0 Å². The van der Waals surface area contributed by atoms with E-state index in [0.29, 0.717) is 24.3 Å². The molecule has 4 rings (SSSR count). The lowest BCUT2D eigenvalue weighted by Gasteiger charge is -2.15. The van der Waals surface area contributed by atoms with Crippen molar-refractivity contribution in [1.82, 2.24) is 4.31 Å². The number of carbonyl (C=O) groups is 1. The van der Waals surface area contributed by atoms with Crippen LogP contribution in [-0.2, 0) is 10.0 Å². The molecule has 1 heterocycles. The number of rotatable bonds is 4. The summed E-state index contributed by atoms with van der Waals surface area (Å²) in [6.07, 6.45) is 1.80. The Morgan fingerprint density at radius 2 is 1.52 bits per heavy atom. The molecule has 3 aromatic carbocycles. The summed E-state index contributed by atoms with van der Waals surface area (Å²) in [5.41, 5.74) is 1.12. The molecule has 1 aliphatic rings. The molecule has 0 atom stereocenters. The van der Waals surface area contributed by atoms with Crippen LogP contribution in [0.2, 0.25) is 0 Å². The number of hydrogen-bond acceptors (Lipinski definition) is 3. The summed E-state index contributed by atoms with van der Waals surface area (Å²) in [4.78, 5) is 12.8. The van der Waals surface area contributed by atoms with E-state index in [-0.39, 0.29) is 10.8 Å². The predicted molar refractivity (Wildman–Crippen MR) is 106 cm³/mol. The van der Waals surface area contributed by atoms with E-state index in [0.717, 1.165) is 23.6 Å². The molecule has 138 valence electrons. The number of fused-ring (bicyclic) bond motifs is 1. The van der Waals surface area contributed by atoms with Gasteiger partial charge < -0.3 is 5.32 Å². The van der Waals surface area contributed by atoms with Crippen LogP contribution in [0.15, 0.2) is 71.6 Å². The molecule has 6 heteroatoms. The van der Waals surface area contributed by atoms with Crippen molar-refractivity contribution in [3.63, 3.8) is 0 Å². The lowest BCUT2D eigenvalue weighted by Crippen LogP contribution is -2.27. The first-order valence-electron chi connectivity index (χ1n) is 8.94. The molecule has 1 fully saturated rings. The molecule has 1 N–H and O–H groups in total. The Bertz CT molecular complexity index is 1090. The molecule has 0 aromatic heterocycles. The van der Waals surface area contributed by atoms with Crippen molar-refractivity contribution in [2.75, 3.05) is 18.4 Å². The van der Waals surface area contributed by atoms with Crippen LogP contribution in [0.1, 0.15) is 23.2 Å². The Morgan fingerprint density at radius 1 is 0.852 bits per heavy atom. The number of benzene rings is 3. The first-order chi connectivity index (χ1) is 13.0. The van der Waals surface area contributed by atoms with E-state index >= 15 is 0 Å². The van der Waals surface area contributed by atoms with Crippen LogP contribution in [0, 0.1) is 0 Å². The van der Waals surface area contributed by atoms with Gasteiger partial charge in [-0.2, -0.15) is 4.31 Å². The second-order valence-corrected chi connectivity index (χ2v) is 8.59. The molecular formula is C21H20N2O3S. The van der Waals surface area contributed by atoms with E-state index in [2.05, 4.69) is 5.32 Å². The first kappa shape index (κ1) is 17.7. The Kier molecular flexibility index (Phi) is 4.68. The summed E-state index contributed by atoms with van der Waals surface area (Å²) in [5, 5.41) is 4.90. The molecule has 0 radical (unpaired) electrons. The fourth-order valence-electron chi connectivity index (χ4n) is 3.32. The van der Waals surface area contributed by atoms with Crippen molar-refractivity contribution in [3.8, 4) is 0 Å². The highest BCUT2D eigenvalue weighted by Crippen LogP contribution is 2.23. The number of nitrogens with zero attached hydrogens (tertiary/aromatic N) is 1. The highest BCUT2D eigenvalue weighted by molar-refractivity contribution is 7.89. The summed E-state index contributed by atoms with van der Waals surface area (Å²) in [6.45, 7) is 1.14. The van der Waals surface area contributed by atoms with Gasteiger partial charge in [0.1, 0.15) is 0 Å². The van der Waals surface area contributed by atoms with Crippen LogP contribution in [0.4, 0.5) is 5.69 Å². The van der Waals surface area contributed by atoms with E-state index in [1.165, 1.54) is 4.31 Å². The lowest BCUT2D eigenvalue weighted by molar-refractivity contribution is 0.102. The zero-order valence-corrected chi connectivity index (χ0v) is 15.6. The minimum atomic E-state index is -3.44. The Morgan fingerprint density at radius 3 is 2.22 bits per heavy atom. The SMILES string of the molecule is O=C(Nc1ccc(S(=O)(=O)N2CCCC2)cc1)c1ccc2ccccc2c1. The Balaban J connectivity index is 1.51. The van der Waals surface area contributed by atoms with Gasteiger partial charge in [0.15, 0.2) is 0 Å². The van der Waals surface area contributed by atoms with Gasteiger partial charge >= 0.3 is 0 Å². The average molecular weight is 380 g/mol. The second-order valence-electron chi connectivity index (χ2n) is 6.65. The number of carbonyl (C=O) groups excluding carboxylic acids is 1. The summed E-state index contributed by atoms with van der Waals surface area (Å²) in [5.74, 6) is -0.226. The predicted octanol–water partition coefficient (Wildman–Crippen LogP) is 3.88. The van der Waals surface area contributed by atoms with Crippen LogP contribution in [-0.4, -0.2) is 31.7 Å². The quantitative estimate of drug-likeness (QED) is 0.747. The number of sulfonamides is 1. The van der Waals surface area contributed by atoms with Crippen LogP contribution >= 0.6 is 0 Å². The van der Waals surface area contributed by atoms with Crippen LogP contribution in [0.3, 0.4) is 0 Å². The molecule has 1 aliphatic heterocycles. The van der Waals surface area contributed by atoms with E-state index in [9.17, 15) is 13.2 Å². The molecule has 0 saturated carbocycles. The van der Waals surface area contributed by atoms with Crippen LogP contribution < -0.4 is 5.32 Å². The molecule has 0 unspecified atom stereocenters. The standard InChI is InChI=1S/C21H20N2O3S/c24-21(18-8-7-16-5-1-2-6-17(16)15-18)22-19-9-11-20(12-10-19)27(25,26)23-13-3-4-14-23/h1-2,5-12,15H,3-4,13-14H2,(H,22,24). The normalized spacial score (nSPS) is 15.1. The van der Waals surface area contributed by atoms with Gasteiger partial charge in [0.05, 0.1) is 4.90 Å². The number of hydrogen-bond donors (Lipinski definition) is 1. The third-order valence-electron chi connectivity index (χ3n) is 4.83. The van der Waals surface area contributed by atoms with Gasteiger partial charge in [-0.15, -0.1) is 0 Å². The van der Waals surface area contributed by atoms with E-state index in [1.807, 2.05) is 36.4 Å². The average Bonchev–Trinajstić information content (AvgIpc) is 3.24. The van der Waals surface area contributed by atoms with Crippen LogP contribution in [0.25, 0.3) is 10.8 Å². The zero-order chi connectivity index (χ0) is 18.9. The summed E-state index contributed by atoms with van der Waals surface area (Å²) < 4.78 is 26.6. The minimum Gasteiger partial charge on any atom is -0.322 e. The van der Waals surface area contributed by atoms with Crippen molar-refractivity contribution in [2.45, 2.75) is 17.7 Å². The number of anilines is 1. The van der Waals surface area contributed by atoms with Gasteiger partial charge in [0.25, 0.3) is 5.91 Å². The van der Waals surface area contributed by atoms with E-state index in [4.69, 9.17) is 0 Å². The van der Waals surface area contributed by atoms with Gasteiger partial charge in [-0.1, -0.05) is 30.3 Å². The first-order valence-corrected chi connectivity index (χ1v) is 10.4. The van der Waals surface area contributed by atoms with Crippen LogP contribution in [0.5, 0.6) is 0 Å². The van der Waals surface area contributed by atoms with Crippen molar-refractivity contribution < 1.29 is 13.2 Å². The fraction of sp³-hybridized carbons (Fsp3) is 0.190. The van der Waals surface area contributed by atoms with Gasteiger partial charge in [-0.3, -0.25) is 4.79 Å². The van der Waals surface area contributed by atoms with Gasteiger partial charge in [0.2, 0.25) is 10.0 Å². The maximum Gasteiger partial charge on any atom is 0.255 e. The molecule has 0 aliphatic carbocycles. The summed E-state index contributed by atoms with van der Waals surface area (Å²) in [6, 6.07) is 19.7. The maximum absolute atomic E-state index is 12.6. The second kappa shape index (κ2) is 7.13. The molecule has 1 amide bonds. The van der Waals surface area contributed by atoms with E-state index < -0.39 is 10.0 Å². The third kappa shape index (κ3) is 3.59. The minimum absolute atomic E-state index is 0.226. The van der Waals surface area contributed by atoms with Crippen molar-refractivity contribution in [3.05, 3.63) is 72.3 Å². The molecule has 0 bridgehead atoms. The molecular weight excluding hydrogens is 360 g/mol. The van der Waals surface area contributed by atoms with E-state index in [1.54, 1.807) is 30.3 Å². The Labute approximate surface area is 158 Å². The lowest BCUT2D eigenvalue weighted by atomic mass is 10.1. The fourth-order valence-corrected chi connectivity index (χ4v) is 4.84. The maximum atomic E-state index is 12.6. The monoisotopic (exact) mass is 380 g/mol. The zero-order valence-electron chi connectivity index (χ0n) is 14.8. The third-order valence-corrected chi connectivity index (χ3v) is 6.74. The Hall–Kier alpha value is -2.70. The smallest absolute Gasteiger partial charge is 0.255 e. The van der Waals surface area contributed by atoms with Gasteiger partial charge in [-0.25, -0.2) is 8.42 Å². The number of amides is 1. The molecule has 1 saturated heterocycles. The van der Waals surface area contributed by atoms with Crippen molar-refractivity contribution in [2.24, 2.45) is 0 Å². The molecule has 5 nitrogen and oxygen atoms in total. The highest BCUT2D eigenvalue weighted by atomic mass is 32.2. The molecule has 0 spiro atoms. The molecule has 27 heavy (non-hydrogen) atoms. The summed E-state index contributed by atoms with van der Waals surface area (Å²) in [7, 11) is -3.44. The molecule has 3 aromatic rings. The van der Waals surface area contributed by atoms with Crippen molar-refractivity contribution >= 4 is 32.4 Å². The van der Waals surface area contributed by atoms with Gasteiger partial charge in [0, 0.05) is 24.3 Å². The topological polar surface area (TPSA) is 66.5 Å².